The number of nitrogens with one attached hydrogen (secondary N) is 1. The summed E-state index contributed by atoms with van der Waals surface area (Å²) in [6.07, 6.45) is 2.60. The summed E-state index contributed by atoms with van der Waals surface area (Å²) in [5, 5.41) is 3.26. The number of halogens is 1. The Labute approximate surface area is 127 Å². The molecule has 2 aromatic rings. The highest BCUT2D eigenvalue weighted by atomic mass is 79.9. The lowest BCUT2D eigenvalue weighted by Gasteiger charge is -2.17. The Kier molecular flexibility index (Phi) is 4.83. The van der Waals surface area contributed by atoms with Crippen LogP contribution in [-0.2, 0) is 6.42 Å². The summed E-state index contributed by atoms with van der Waals surface area (Å²) >= 11 is 3.33. The molecule has 20 heavy (non-hydrogen) atoms. The maximum absolute atomic E-state index is 5.62. The normalized spacial score (nSPS) is 12.4. The molecule has 0 aliphatic rings. The zero-order valence-corrected chi connectivity index (χ0v) is 13.7. The molecule has 2 heterocycles. The van der Waals surface area contributed by atoms with Crippen molar-refractivity contribution in [2.24, 2.45) is 0 Å². The maximum Gasteiger partial charge on any atom is 0.169 e. The molecule has 4 nitrogen and oxygen atoms in total. The highest BCUT2D eigenvalue weighted by Gasteiger charge is 2.18. The predicted molar refractivity (Wildman–Crippen MR) is 82.2 cm³/mol. The third kappa shape index (κ3) is 3.04. The van der Waals surface area contributed by atoms with Crippen LogP contribution in [0.2, 0.25) is 0 Å². The van der Waals surface area contributed by atoms with Crippen molar-refractivity contribution >= 4 is 15.9 Å². The first-order valence-corrected chi connectivity index (χ1v) is 7.27. The lowest BCUT2D eigenvalue weighted by atomic mass is 10.0. The van der Waals surface area contributed by atoms with Crippen molar-refractivity contribution in [3.8, 4) is 5.75 Å². The molecule has 0 aromatic carbocycles. The van der Waals surface area contributed by atoms with Crippen LogP contribution < -0.4 is 10.1 Å². The lowest BCUT2D eigenvalue weighted by molar-refractivity contribution is 0.401. The number of nitrogens with zero attached hydrogens (tertiary/aromatic N) is 1. The molecular formula is C15H19BrN2O2. The van der Waals surface area contributed by atoms with Crippen LogP contribution in [0, 0.1) is 13.8 Å². The summed E-state index contributed by atoms with van der Waals surface area (Å²) in [4.78, 5) is 4.53. The van der Waals surface area contributed by atoms with E-state index in [9.17, 15) is 0 Å². The quantitative estimate of drug-likeness (QED) is 0.905. The van der Waals surface area contributed by atoms with Gasteiger partial charge >= 0.3 is 0 Å². The van der Waals surface area contributed by atoms with E-state index >= 15 is 0 Å². The summed E-state index contributed by atoms with van der Waals surface area (Å²) < 4.78 is 11.8. The predicted octanol–water partition coefficient (Wildman–Crippen LogP) is 3.57. The molecule has 0 saturated carbocycles. The Balaban J connectivity index is 2.28. The van der Waals surface area contributed by atoms with Gasteiger partial charge in [-0.1, -0.05) is 0 Å². The summed E-state index contributed by atoms with van der Waals surface area (Å²) in [6.45, 7) is 4.04. The molecule has 5 heteroatoms. The second-order valence-corrected chi connectivity index (χ2v) is 5.51. The van der Waals surface area contributed by atoms with Crippen molar-refractivity contribution in [2.75, 3.05) is 14.2 Å². The Morgan fingerprint density at radius 3 is 2.70 bits per heavy atom. The molecule has 0 radical (unpaired) electrons. The van der Waals surface area contributed by atoms with Gasteiger partial charge in [-0.15, -0.1) is 0 Å². The summed E-state index contributed by atoms with van der Waals surface area (Å²) in [7, 11) is 3.61. The fraction of sp³-hybridized carbons (Fsp3) is 0.400. The van der Waals surface area contributed by atoms with Crippen LogP contribution in [0.4, 0.5) is 0 Å². The van der Waals surface area contributed by atoms with Crippen LogP contribution in [-0.4, -0.2) is 19.1 Å². The fourth-order valence-corrected chi connectivity index (χ4v) is 2.65. The van der Waals surface area contributed by atoms with Gasteiger partial charge in [0.05, 0.1) is 13.2 Å². The third-order valence-electron chi connectivity index (χ3n) is 3.43. The minimum Gasteiger partial charge on any atom is -0.496 e. The fourth-order valence-electron chi connectivity index (χ4n) is 2.33. The number of rotatable bonds is 5. The van der Waals surface area contributed by atoms with Crippen molar-refractivity contribution in [3.05, 3.63) is 45.6 Å². The third-order valence-corrected chi connectivity index (χ3v) is 3.86. The molecular weight excluding hydrogens is 320 g/mol. The van der Waals surface area contributed by atoms with Crippen molar-refractivity contribution in [1.82, 2.24) is 10.3 Å². The first kappa shape index (κ1) is 15.1. The van der Waals surface area contributed by atoms with E-state index in [0.29, 0.717) is 0 Å². The van der Waals surface area contributed by atoms with E-state index < -0.39 is 0 Å². The molecule has 0 bridgehead atoms. The van der Waals surface area contributed by atoms with Crippen LogP contribution in [0.15, 0.2) is 27.4 Å². The van der Waals surface area contributed by atoms with Gasteiger partial charge in [0.25, 0.3) is 0 Å². The maximum atomic E-state index is 5.62. The molecule has 1 N–H and O–H groups in total. The zero-order chi connectivity index (χ0) is 14.7. The highest BCUT2D eigenvalue weighted by Crippen LogP contribution is 2.28. The molecule has 0 aliphatic carbocycles. The van der Waals surface area contributed by atoms with E-state index in [1.54, 1.807) is 7.11 Å². The highest BCUT2D eigenvalue weighted by molar-refractivity contribution is 9.10. The molecule has 0 fully saturated rings. The van der Waals surface area contributed by atoms with Gasteiger partial charge < -0.3 is 14.5 Å². The molecule has 108 valence electrons. The number of ether oxygens (including phenoxy) is 1. The number of methoxy groups -OCH3 is 1. The number of aromatic nitrogens is 1. The van der Waals surface area contributed by atoms with Crippen molar-refractivity contribution in [3.63, 3.8) is 0 Å². The molecule has 0 spiro atoms. The summed E-state index contributed by atoms with van der Waals surface area (Å²) in [5.41, 5.74) is 3.15. The van der Waals surface area contributed by atoms with Gasteiger partial charge in [0.1, 0.15) is 11.5 Å². The second kappa shape index (κ2) is 6.41. The molecule has 2 rings (SSSR count). The average molecular weight is 339 g/mol. The summed E-state index contributed by atoms with van der Waals surface area (Å²) in [5.74, 6) is 1.80. The van der Waals surface area contributed by atoms with Crippen molar-refractivity contribution in [2.45, 2.75) is 26.3 Å². The van der Waals surface area contributed by atoms with Crippen LogP contribution in [0.1, 0.15) is 28.6 Å². The van der Waals surface area contributed by atoms with Crippen LogP contribution in [0.5, 0.6) is 5.75 Å². The van der Waals surface area contributed by atoms with Crippen molar-refractivity contribution in [1.29, 1.82) is 0 Å². The standard InChI is InChI=1S/C15H19BrN2O2/c1-9-8-18-11(10(2)15(9)19-4)7-12(17-3)13-5-6-14(16)20-13/h5-6,8,12,17H,7H2,1-4H3. The van der Waals surface area contributed by atoms with Gasteiger partial charge in [-0.3, -0.25) is 4.98 Å². The molecule has 0 saturated heterocycles. The van der Waals surface area contributed by atoms with Crippen LogP contribution in [0.3, 0.4) is 0 Å². The number of hydrogen-bond donors (Lipinski definition) is 1. The van der Waals surface area contributed by atoms with E-state index in [2.05, 4.69) is 26.2 Å². The van der Waals surface area contributed by atoms with Gasteiger partial charge in [-0.05, 0) is 49.0 Å². The topological polar surface area (TPSA) is 47.3 Å². The molecule has 1 unspecified atom stereocenters. The Bertz CT molecular complexity index is 596. The molecule has 0 amide bonds. The number of likely N-dealkylation sites (N-methyl/N-ethyl adjacent to an activating group) is 1. The smallest absolute Gasteiger partial charge is 0.169 e. The Morgan fingerprint density at radius 2 is 2.15 bits per heavy atom. The minimum absolute atomic E-state index is 0.0833. The first-order chi connectivity index (χ1) is 9.56. The van der Waals surface area contributed by atoms with Crippen LogP contribution >= 0.6 is 15.9 Å². The van der Waals surface area contributed by atoms with E-state index in [1.165, 1.54) is 0 Å². The van der Waals surface area contributed by atoms with E-state index in [-0.39, 0.29) is 6.04 Å². The number of hydrogen-bond acceptors (Lipinski definition) is 4. The Hall–Kier alpha value is -1.33. The largest absolute Gasteiger partial charge is 0.496 e. The summed E-state index contributed by atoms with van der Waals surface area (Å²) in [6, 6.07) is 3.95. The SMILES string of the molecule is CNC(Cc1ncc(C)c(OC)c1C)c1ccc(Br)o1. The zero-order valence-electron chi connectivity index (χ0n) is 12.2. The van der Waals surface area contributed by atoms with Gasteiger partial charge in [0, 0.05) is 29.4 Å². The molecule has 0 aliphatic heterocycles. The first-order valence-electron chi connectivity index (χ1n) is 6.48. The monoisotopic (exact) mass is 338 g/mol. The van der Waals surface area contributed by atoms with Gasteiger partial charge in [-0.2, -0.15) is 0 Å². The molecule has 2 aromatic heterocycles. The van der Waals surface area contributed by atoms with Crippen LogP contribution in [0.25, 0.3) is 0 Å². The number of furan rings is 1. The number of pyridine rings is 1. The van der Waals surface area contributed by atoms with E-state index in [4.69, 9.17) is 9.15 Å². The second-order valence-electron chi connectivity index (χ2n) is 4.73. The van der Waals surface area contributed by atoms with Gasteiger partial charge in [-0.25, -0.2) is 0 Å². The average Bonchev–Trinajstić information content (AvgIpc) is 2.85. The Morgan fingerprint density at radius 1 is 1.40 bits per heavy atom. The van der Waals surface area contributed by atoms with E-state index in [1.807, 2.05) is 39.2 Å². The lowest BCUT2D eigenvalue weighted by Crippen LogP contribution is -2.19. The van der Waals surface area contributed by atoms with Gasteiger partial charge in [0.15, 0.2) is 4.67 Å². The van der Waals surface area contributed by atoms with Gasteiger partial charge in [0.2, 0.25) is 0 Å². The minimum atomic E-state index is 0.0833. The van der Waals surface area contributed by atoms with E-state index in [0.717, 1.165) is 39.4 Å². The van der Waals surface area contributed by atoms with Crippen molar-refractivity contribution < 1.29 is 9.15 Å². The number of aryl methyl sites for hydroxylation is 1. The molecule has 1 atom stereocenters.